The fourth-order valence-corrected chi connectivity index (χ4v) is 2.54. The molecule has 1 amide bonds. The average Bonchev–Trinajstić information content (AvgIpc) is 2.86. The zero-order valence-electron chi connectivity index (χ0n) is 11.0. The van der Waals surface area contributed by atoms with E-state index in [1.165, 1.54) is 0 Å². The Morgan fingerprint density at radius 1 is 1.42 bits per heavy atom. The Morgan fingerprint density at radius 3 is 3.11 bits per heavy atom. The maximum absolute atomic E-state index is 12.3. The van der Waals surface area contributed by atoms with Crippen molar-refractivity contribution in [2.24, 2.45) is 0 Å². The molecule has 0 aliphatic carbocycles. The van der Waals surface area contributed by atoms with Crippen LogP contribution in [0, 0.1) is 0 Å². The topological polar surface area (TPSA) is 50.8 Å². The van der Waals surface area contributed by atoms with Gasteiger partial charge in [0.1, 0.15) is 0 Å². The molecule has 1 atom stereocenters. The molecule has 0 radical (unpaired) electrons. The molecule has 0 bridgehead atoms. The summed E-state index contributed by atoms with van der Waals surface area (Å²) in [7, 11) is 0. The molecule has 2 aliphatic rings. The molecule has 1 saturated heterocycles. The second kappa shape index (κ2) is 5.09. The van der Waals surface area contributed by atoms with E-state index in [0.717, 1.165) is 36.7 Å². The van der Waals surface area contributed by atoms with Crippen LogP contribution in [0.15, 0.2) is 18.2 Å². The van der Waals surface area contributed by atoms with Gasteiger partial charge in [-0.2, -0.15) is 0 Å². The molecule has 0 spiro atoms. The fraction of sp³-hybridized carbons (Fsp3) is 0.500. The standard InChI is InChI=1S/C14H18N2O3/c1-10-8-15-4-5-16(10)14(17)7-11-2-3-12-13(6-11)19-9-18-12/h2-3,6,10,15H,4-5,7-9H2,1H3/t10-/m1/s1. The number of ether oxygens (including phenoxy) is 2. The average molecular weight is 262 g/mol. The van der Waals surface area contributed by atoms with Crippen LogP contribution >= 0.6 is 0 Å². The van der Waals surface area contributed by atoms with Gasteiger partial charge in [0.05, 0.1) is 6.42 Å². The lowest BCUT2D eigenvalue weighted by atomic mass is 10.1. The second-order valence-electron chi connectivity index (χ2n) is 5.00. The number of fused-ring (bicyclic) bond motifs is 1. The van der Waals surface area contributed by atoms with Crippen LogP contribution in [0.4, 0.5) is 0 Å². The van der Waals surface area contributed by atoms with E-state index in [-0.39, 0.29) is 18.7 Å². The first-order chi connectivity index (χ1) is 9.24. The molecule has 19 heavy (non-hydrogen) atoms. The summed E-state index contributed by atoms with van der Waals surface area (Å²) in [5, 5.41) is 3.29. The molecule has 3 rings (SSSR count). The molecular formula is C14H18N2O3. The van der Waals surface area contributed by atoms with Crippen molar-refractivity contribution in [3.8, 4) is 11.5 Å². The highest BCUT2D eigenvalue weighted by Gasteiger charge is 2.23. The second-order valence-corrected chi connectivity index (χ2v) is 5.00. The van der Waals surface area contributed by atoms with Crippen LogP contribution in [-0.2, 0) is 11.2 Å². The Bertz CT molecular complexity index is 490. The maximum Gasteiger partial charge on any atom is 0.231 e. The van der Waals surface area contributed by atoms with Crippen LogP contribution in [-0.4, -0.2) is 43.3 Å². The summed E-state index contributed by atoms with van der Waals surface area (Å²) in [6, 6.07) is 5.95. The number of amides is 1. The van der Waals surface area contributed by atoms with Gasteiger partial charge >= 0.3 is 0 Å². The number of benzene rings is 1. The normalized spacial score (nSPS) is 21.5. The third-order valence-corrected chi connectivity index (χ3v) is 3.61. The van der Waals surface area contributed by atoms with Crippen molar-refractivity contribution in [3.05, 3.63) is 23.8 Å². The van der Waals surface area contributed by atoms with Crippen LogP contribution in [0.3, 0.4) is 0 Å². The zero-order valence-corrected chi connectivity index (χ0v) is 11.0. The number of hydrogen-bond acceptors (Lipinski definition) is 4. The van der Waals surface area contributed by atoms with Gasteiger partial charge in [0.15, 0.2) is 11.5 Å². The number of piperazine rings is 1. The van der Waals surface area contributed by atoms with E-state index in [1.54, 1.807) is 0 Å². The van der Waals surface area contributed by atoms with Crippen molar-refractivity contribution in [1.82, 2.24) is 10.2 Å². The van der Waals surface area contributed by atoms with Crippen molar-refractivity contribution in [2.45, 2.75) is 19.4 Å². The molecule has 1 aromatic rings. The van der Waals surface area contributed by atoms with Crippen molar-refractivity contribution >= 4 is 5.91 Å². The molecule has 0 unspecified atom stereocenters. The third-order valence-electron chi connectivity index (χ3n) is 3.61. The number of nitrogens with one attached hydrogen (secondary N) is 1. The summed E-state index contributed by atoms with van der Waals surface area (Å²) in [5.74, 6) is 1.67. The number of hydrogen-bond donors (Lipinski definition) is 1. The molecule has 102 valence electrons. The van der Waals surface area contributed by atoms with E-state index in [1.807, 2.05) is 23.1 Å². The molecule has 0 aromatic heterocycles. The monoisotopic (exact) mass is 262 g/mol. The van der Waals surface area contributed by atoms with Gasteiger partial charge in [-0.3, -0.25) is 4.79 Å². The van der Waals surface area contributed by atoms with Crippen LogP contribution in [0.2, 0.25) is 0 Å². The summed E-state index contributed by atoms with van der Waals surface area (Å²) < 4.78 is 10.6. The molecule has 0 saturated carbocycles. The summed E-state index contributed by atoms with van der Waals surface area (Å²) in [6.07, 6.45) is 0.418. The summed E-state index contributed by atoms with van der Waals surface area (Å²) in [5.41, 5.74) is 0.972. The van der Waals surface area contributed by atoms with E-state index in [9.17, 15) is 4.79 Å². The lowest BCUT2D eigenvalue weighted by Crippen LogP contribution is -2.52. The highest BCUT2D eigenvalue weighted by atomic mass is 16.7. The van der Waals surface area contributed by atoms with Gasteiger partial charge in [-0.1, -0.05) is 6.07 Å². The Morgan fingerprint density at radius 2 is 2.26 bits per heavy atom. The molecule has 5 nitrogen and oxygen atoms in total. The van der Waals surface area contributed by atoms with Crippen LogP contribution in [0.25, 0.3) is 0 Å². The SMILES string of the molecule is C[C@@H]1CNCCN1C(=O)Cc1ccc2c(c1)OCO2. The number of carbonyl (C=O) groups excluding carboxylic acids is 1. The van der Waals surface area contributed by atoms with Crippen molar-refractivity contribution in [1.29, 1.82) is 0 Å². The minimum atomic E-state index is 0.174. The van der Waals surface area contributed by atoms with Gasteiger partial charge in [-0.05, 0) is 24.6 Å². The first-order valence-corrected chi connectivity index (χ1v) is 6.63. The number of carbonyl (C=O) groups is 1. The summed E-state index contributed by atoms with van der Waals surface area (Å²) in [6.45, 7) is 4.86. The van der Waals surface area contributed by atoms with Gasteiger partial charge in [-0.15, -0.1) is 0 Å². The van der Waals surface area contributed by atoms with Gasteiger partial charge in [0.25, 0.3) is 0 Å². The zero-order chi connectivity index (χ0) is 13.2. The van der Waals surface area contributed by atoms with E-state index in [0.29, 0.717) is 6.42 Å². The molecule has 1 N–H and O–H groups in total. The molecule has 1 fully saturated rings. The molecule has 2 aliphatic heterocycles. The van der Waals surface area contributed by atoms with E-state index >= 15 is 0 Å². The van der Waals surface area contributed by atoms with Gasteiger partial charge in [0, 0.05) is 25.7 Å². The number of rotatable bonds is 2. The molecule has 5 heteroatoms. The van der Waals surface area contributed by atoms with Crippen LogP contribution < -0.4 is 14.8 Å². The van der Waals surface area contributed by atoms with E-state index in [4.69, 9.17) is 9.47 Å². The van der Waals surface area contributed by atoms with Gasteiger partial charge in [0.2, 0.25) is 12.7 Å². The fourth-order valence-electron chi connectivity index (χ4n) is 2.54. The lowest BCUT2D eigenvalue weighted by Gasteiger charge is -2.34. The van der Waals surface area contributed by atoms with Crippen molar-refractivity contribution < 1.29 is 14.3 Å². The first kappa shape index (κ1) is 12.3. The predicted octanol–water partition coefficient (Wildman–Crippen LogP) is 0.778. The summed E-state index contributed by atoms with van der Waals surface area (Å²) in [4.78, 5) is 14.2. The largest absolute Gasteiger partial charge is 0.454 e. The minimum Gasteiger partial charge on any atom is -0.454 e. The van der Waals surface area contributed by atoms with Gasteiger partial charge < -0.3 is 19.7 Å². The first-order valence-electron chi connectivity index (χ1n) is 6.63. The van der Waals surface area contributed by atoms with Gasteiger partial charge in [-0.25, -0.2) is 0 Å². The molecule has 1 aromatic carbocycles. The smallest absolute Gasteiger partial charge is 0.231 e. The Hall–Kier alpha value is -1.75. The van der Waals surface area contributed by atoms with Crippen molar-refractivity contribution in [3.63, 3.8) is 0 Å². The van der Waals surface area contributed by atoms with E-state index in [2.05, 4.69) is 12.2 Å². The minimum absolute atomic E-state index is 0.174. The quantitative estimate of drug-likeness (QED) is 0.855. The highest BCUT2D eigenvalue weighted by molar-refractivity contribution is 5.79. The Kier molecular flexibility index (Phi) is 3.29. The predicted molar refractivity (Wildman–Crippen MR) is 70.3 cm³/mol. The van der Waals surface area contributed by atoms with Crippen LogP contribution in [0.1, 0.15) is 12.5 Å². The maximum atomic E-state index is 12.3. The third kappa shape index (κ3) is 2.51. The highest BCUT2D eigenvalue weighted by Crippen LogP contribution is 2.32. The summed E-state index contributed by atoms with van der Waals surface area (Å²) >= 11 is 0. The molecule has 2 heterocycles. The van der Waals surface area contributed by atoms with E-state index < -0.39 is 0 Å². The lowest BCUT2D eigenvalue weighted by molar-refractivity contribution is -0.133. The Labute approximate surface area is 112 Å². The molecular weight excluding hydrogens is 244 g/mol. The van der Waals surface area contributed by atoms with Crippen molar-refractivity contribution in [2.75, 3.05) is 26.4 Å². The Balaban J connectivity index is 1.69. The van der Waals surface area contributed by atoms with Crippen LogP contribution in [0.5, 0.6) is 11.5 Å². The number of nitrogens with zero attached hydrogens (tertiary/aromatic N) is 1.